The average molecular weight is 246 g/mol. The third-order valence-corrected chi connectivity index (χ3v) is 2.64. The summed E-state index contributed by atoms with van der Waals surface area (Å²) in [6.45, 7) is 2.15. The zero-order valence-corrected chi connectivity index (χ0v) is 10.7. The number of carbonyl (C=O) groups is 1. The Kier molecular flexibility index (Phi) is 5.98. The van der Waals surface area contributed by atoms with Crippen LogP contribution in [0.4, 0.5) is 0 Å². The third-order valence-electron chi connectivity index (χ3n) is 1.90. The van der Waals surface area contributed by atoms with Gasteiger partial charge in [0.2, 0.25) is 0 Å². The van der Waals surface area contributed by atoms with Gasteiger partial charge in [-0.05, 0) is 43.5 Å². The number of benzene rings is 1. The summed E-state index contributed by atoms with van der Waals surface area (Å²) in [5.74, 6) is 5.37. The summed E-state index contributed by atoms with van der Waals surface area (Å²) < 4.78 is 4.73. The van der Waals surface area contributed by atoms with Gasteiger partial charge < -0.3 is 4.74 Å². The van der Waals surface area contributed by atoms with Crippen LogP contribution in [0.25, 0.3) is 0 Å². The van der Waals surface area contributed by atoms with Crippen molar-refractivity contribution in [3.05, 3.63) is 42.0 Å². The third kappa shape index (κ3) is 5.28. The normalized spacial score (nSPS) is 9.76. The van der Waals surface area contributed by atoms with Crippen molar-refractivity contribution in [3.8, 4) is 11.8 Å². The van der Waals surface area contributed by atoms with Crippen LogP contribution in [0, 0.1) is 11.8 Å². The second-order valence-corrected chi connectivity index (χ2v) is 3.96. The molecule has 0 amide bonds. The topological polar surface area (TPSA) is 26.3 Å². The van der Waals surface area contributed by atoms with Crippen LogP contribution >= 0.6 is 11.8 Å². The molecule has 0 atom stereocenters. The van der Waals surface area contributed by atoms with Crippen molar-refractivity contribution in [2.75, 3.05) is 12.9 Å². The molecule has 0 unspecified atom stereocenters. The number of carbonyl (C=O) groups excluding carboxylic acids is 1. The largest absolute Gasteiger partial charge is 0.463 e. The predicted molar refractivity (Wildman–Crippen MR) is 70.9 cm³/mol. The summed E-state index contributed by atoms with van der Waals surface area (Å²) in [6, 6.07) is 7.95. The lowest BCUT2D eigenvalue weighted by Crippen LogP contribution is -1.98. The minimum atomic E-state index is -0.362. The van der Waals surface area contributed by atoms with Crippen LogP contribution in [-0.2, 0) is 9.53 Å². The van der Waals surface area contributed by atoms with Gasteiger partial charge in [0.25, 0.3) is 0 Å². The van der Waals surface area contributed by atoms with E-state index in [1.807, 2.05) is 30.5 Å². The summed E-state index contributed by atoms with van der Waals surface area (Å²) in [5, 5.41) is 0. The molecule has 0 saturated heterocycles. The average Bonchev–Trinajstić information content (AvgIpc) is 2.36. The lowest BCUT2D eigenvalue weighted by Gasteiger charge is -1.94. The van der Waals surface area contributed by atoms with Gasteiger partial charge in [-0.15, -0.1) is 11.8 Å². The van der Waals surface area contributed by atoms with Gasteiger partial charge >= 0.3 is 5.97 Å². The Bertz CT molecular complexity index is 449. The summed E-state index contributed by atoms with van der Waals surface area (Å²) in [5.41, 5.74) is 0.927. The highest BCUT2D eigenvalue weighted by atomic mass is 32.2. The quantitative estimate of drug-likeness (QED) is 0.355. The molecule has 1 aromatic rings. The number of esters is 1. The van der Waals surface area contributed by atoms with E-state index in [4.69, 9.17) is 4.74 Å². The Morgan fingerprint density at radius 2 is 2.12 bits per heavy atom. The molecule has 0 aliphatic heterocycles. The second kappa shape index (κ2) is 7.59. The summed E-state index contributed by atoms with van der Waals surface area (Å²) in [7, 11) is 0. The van der Waals surface area contributed by atoms with Gasteiger partial charge in [-0.3, -0.25) is 0 Å². The van der Waals surface area contributed by atoms with Gasteiger partial charge in [-0.25, -0.2) is 4.79 Å². The Hall–Kier alpha value is -1.66. The molecule has 0 aliphatic rings. The van der Waals surface area contributed by atoms with E-state index in [2.05, 4.69) is 11.8 Å². The standard InChI is InChI=1S/C14H14O2S/c1-3-16-14(15)7-5-4-6-12-8-10-13(17-2)11-9-12/h5,7-11H,3H2,1-2H3/b7-5-. The monoisotopic (exact) mass is 246 g/mol. The van der Waals surface area contributed by atoms with Crippen molar-refractivity contribution in [1.82, 2.24) is 0 Å². The fourth-order valence-electron chi connectivity index (χ4n) is 1.10. The zero-order chi connectivity index (χ0) is 12.5. The van der Waals surface area contributed by atoms with E-state index in [0.717, 1.165) is 5.56 Å². The second-order valence-electron chi connectivity index (χ2n) is 3.08. The first-order valence-electron chi connectivity index (χ1n) is 5.25. The summed E-state index contributed by atoms with van der Waals surface area (Å²) >= 11 is 1.69. The van der Waals surface area contributed by atoms with Crippen LogP contribution in [0.5, 0.6) is 0 Å². The summed E-state index contributed by atoms with van der Waals surface area (Å²) in [6.07, 6.45) is 4.86. The minimum Gasteiger partial charge on any atom is -0.463 e. The van der Waals surface area contributed by atoms with Crippen molar-refractivity contribution in [2.24, 2.45) is 0 Å². The Morgan fingerprint density at radius 3 is 2.71 bits per heavy atom. The Morgan fingerprint density at radius 1 is 1.41 bits per heavy atom. The van der Waals surface area contributed by atoms with Crippen LogP contribution in [0.15, 0.2) is 41.3 Å². The van der Waals surface area contributed by atoms with E-state index in [1.54, 1.807) is 18.7 Å². The lowest BCUT2D eigenvalue weighted by molar-refractivity contribution is -0.137. The Balaban J connectivity index is 2.56. The molecular weight excluding hydrogens is 232 g/mol. The van der Waals surface area contributed by atoms with Crippen molar-refractivity contribution in [1.29, 1.82) is 0 Å². The van der Waals surface area contributed by atoms with Crippen molar-refractivity contribution >= 4 is 17.7 Å². The molecule has 88 valence electrons. The lowest BCUT2D eigenvalue weighted by atomic mass is 10.2. The van der Waals surface area contributed by atoms with Crippen LogP contribution in [0.2, 0.25) is 0 Å². The van der Waals surface area contributed by atoms with Crippen molar-refractivity contribution in [2.45, 2.75) is 11.8 Å². The molecule has 0 spiro atoms. The van der Waals surface area contributed by atoms with Gasteiger partial charge in [0, 0.05) is 16.5 Å². The molecule has 17 heavy (non-hydrogen) atoms. The molecule has 0 fully saturated rings. The first-order chi connectivity index (χ1) is 8.26. The SMILES string of the molecule is CCOC(=O)/C=C\C#Cc1ccc(SC)cc1. The van der Waals surface area contributed by atoms with Crippen LogP contribution in [-0.4, -0.2) is 18.8 Å². The van der Waals surface area contributed by atoms with Gasteiger partial charge in [0.05, 0.1) is 6.61 Å². The summed E-state index contributed by atoms with van der Waals surface area (Å²) in [4.78, 5) is 12.2. The number of rotatable bonds is 3. The molecule has 2 nitrogen and oxygen atoms in total. The van der Waals surface area contributed by atoms with Crippen LogP contribution in [0.3, 0.4) is 0 Å². The highest BCUT2D eigenvalue weighted by Gasteiger charge is 1.91. The van der Waals surface area contributed by atoms with Gasteiger partial charge in [-0.2, -0.15) is 0 Å². The number of hydrogen-bond acceptors (Lipinski definition) is 3. The number of ether oxygens (including phenoxy) is 1. The van der Waals surface area contributed by atoms with E-state index < -0.39 is 0 Å². The van der Waals surface area contributed by atoms with Gasteiger partial charge in [-0.1, -0.05) is 11.8 Å². The maximum absolute atomic E-state index is 11.0. The number of hydrogen-bond donors (Lipinski definition) is 0. The molecular formula is C14H14O2S. The highest BCUT2D eigenvalue weighted by molar-refractivity contribution is 7.98. The molecule has 1 aromatic carbocycles. The van der Waals surface area contributed by atoms with E-state index in [9.17, 15) is 4.79 Å². The molecule has 0 saturated carbocycles. The molecule has 0 heterocycles. The molecule has 0 aromatic heterocycles. The van der Waals surface area contributed by atoms with Gasteiger partial charge in [0.1, 0.15) is 0 Å². The van der Waals surface area contributed by atoms with Crippen LogP contribution in [0.1, 0.15) is 12.5 Å². The molecule has 1 rings (SSSR count). The maximum atomic E-state index is 11.0. The highest BCUT2D eigenvalue weighted by Crippen LogP contribution is 2.14. The van der Waals surface area contributed by atoms with E-state index in [-0.39, 0.29) is 5.97 Å². The van der Waals surface area contributed by atoms with Crippen molar-refractivity contribution in [3.63, 3.8) is 0 Å². The molecule has 3 heteroatoms. The van der Waals surface area contributed by atoms with Gasteiger partial charge in [0.15, 0.2) is 0 Å². The van der Waals surface area contributed by atoms with E-state index in [0.29, 0.717) is 6.61 Å². The molecule has 0 bridgehead atoms. The molecule has 0 radical (unpaired) electrons. The van der Waals surface area contributed by atoms with Crippen molar-refractivity contribution < 1.29 is 9.53 Å². The molecule has 0 aliphatic carbocycles. The fraction of sp³-hybridized carbons (Fsp3) is 0.214. The van der Waals surface area contributed by atoms with Crippen LogP contribution < -0.4 is 0 Å². The predicted octanol–water partition coefficient (Wildman–Crippen LogP) is 2.88. The maximum Gasteiger partial charge on any atom is 0.331 e. The fourth-order valence-corrected chi connectivity index (χ4v) is 1.51. The number of thioether (sulfide) groups is 1. The first kappa shape index (κ1) is 13.4. The first-order valence-corrected chi connectivity index (χ1v) is 6.47. The molecule has 0 N–H and O–H groups in total. The Labute approximate surface area is 106 Å². The smallest absolute Gasteiger partial charge is 0.331 e. The minimum absolute atomic E-state index is 0.362. The van der Waals surface area contributed by atoms with E-state index >= 15 is 0 Å². The number of allylic oxidation sites excluding steroid dienone is 1. The van der Waals surface area contributed by atoms with E-state index in [1.165, 1.54) is 17.0 Å². The zero-order valence-electron chi connectivity index (χ0n) is 9.90.